The molecule has 2 aliphatic heterocycles. The van der Waals surface area contributed by atoms with Gasteiger partial charge in [0.05, 0.1) is 18.6 Å². The maximum atomic E-state index is 11.4. The van der Waals surface area contributed by atoms with Gasteiger partial charge >= 0.3 is 46.1 Å². The van der Waals surface area contributed by atoms with Crippen molar-refractivity contribution in [3.8, 4) is 0 Å². The van der Waals surface area contributed by atoms with Crippen molar-refractivity contribution in [1.29, 1.82) is 0 Å². The van der Waals surface area contributed by atoms with Crippen LogP contribution in [0, 0.1) is 191 Å². The summed E-state index contributed by atoms with van der Waals surface area (Å²) in [5.74, 6) is 0.451. The minimum atomic E-state index is -3.11. The van der Waals surface area contributed by atoms with Crippen LogP contribution >= 0.6 is 0 Å². The third-order valence-corrected chi connectivity index (χ3v) is 29.4. The van der Waals surface area contributed by atoms with Crippen molar-refractivity contribution in [2.75, 3.05) is 26.3 Å². The van der Waals surface area contributed by atoms with E-state index in [4.69, 9.17) is 33.6 Å². The van der Waals surface area contributed by atoms with E-state index in [2.05, 4.69) is 180 Å². The summed E-state index contributed by atoms with van der Waals surface area (Å²) >= 11 is 0. The Labute approximate surface area is 662 Å². The predicted molar refractivity (Wildman–Crippen MR) is 431 cm³/mol. The van der Waals surface area contributed by atoms with Crippen molar-refractivity contribution in [1.82, 2.24) is 0 Å². The van der Waals surface area contributed by atoms with Gasteiger partial charge in [0.2, 0.25) is 0 Å². The molecule has 566 valence electrons. The molecule has 14 heteroatoms. The number of ether oxygens (including phenoxy) is 2. The standard InChI is InChI=1S/2C32H41S.C13H27NO2.C12H24NO2.ClH.Na.O3S/c2*1-15-18(4)24(10)30(25(11)19(15)5)33-31-26(12)20(6)16(2)22(8)28(31)14-29-23(9)17(3)21(7)27(13)32(29)33;1-13(2,3)12(15)16-11-9-7-5-4-6-8-10-14;1-11(2)12(14)15-10-8-6-4-3-5-7-9-13;;;1-4(2)3/h2*14H2,1-13H3;4-11,14H2,1-3H3;3-10,13H2,1-2H3;1H;;/q2*+1;;-1;;+1;/p-1. The number of carbonyl (C=O) groups excluding carboxylic acids is 2. The number of halogens is 1. The molecule has 103 heavy (non-hydrogen) atoms. The first-order chi connectivity index (χ1) is 47.0. The largest absolute Gasteiger partial charge is 1.00 e. The number of benzene rings is 6. The number of hydrogen-bond donors (Lipinski definition) is 2. The van der Waals surface area contributed by atoms with Crippen LogP contribution in [0.5, 0.6) is 0 Å². The summed E-state index contributed by atoms with van der Waals surface area (Å²) < 4.78 is 35.5. The van der Waals surface area contributed by atoms with Gasteiger partial charge < -0.3 is 33.3 Å². The minimum absolute atomic E-state index is 0. The molecule has 9 nitrogen and oxygen atoms in total. The van der Waals surface area contributed by atoms with Gasteiger partial charge in [-0.3, -0.25) is 15.5 Å². The van der Waals surface area contributed by atoms with Crippen LogP contribution in [0.2, 0.25) is 0 Å². The van der Waals surface area contributed by atoms with E-state index < -0.39 is 10.6 Å². The predicted octanol–water partition coefficient (Wildman–Crippen LogP) is 15.7. The van der Waals surface area contributed by atoms with Crippen molar-refractivity contribution in [3.05, 3.63) is 173 Å². The van der Waals surface area contributed by atoms with Gasteiger partial charge in [-0.1, -0.05) is 51.4 Å². The molecule has 0 amide bonds. The van der Waals surface area contributed by atoms with Crippen LogP contribution in [0.4, 0.5) is 0 Å². The quantitative estimate of drug-likeness (QED) is 0.0265. The van der Waals surface area contributed by atoms with E-state index in [-0.39, 0.29) is 81.1 Å². The van der Waals surface area contributed by atoms with Gasteiger partial charge in [0.1, 0.15) is 21.8 Å². The van der Waals surface area contributed by atoms with E-state index in [0.29, 0.717) is 13.2 Å². The average molecular weight is 1500 g/mol. The molecule has 0 radical (unpaired) electrons. The zero-order chi connectivity index (χ0) is 76.9. The molecule has 0 aromatic heterocycles. The van der Waals surface area contributed by atoms with Gasteiger partial charge in [-0.2, -0.15) is 13.8 Å². The monoisotopic (exact) mass is 1500 g/mol. The molecule has 0 fully saturated rings. The second-order valence-electron chi connectivity index (χ2n) is 30.7. The third-order valence-electron chi connectivity index (χ3n) is 23.5. The Hall–Kier alpha value is -4.34. The molecule has 4 N–H and O–H groups in total. The molecular formula is C89H133ClN2NaO7S3+. The first-order valence-corrected chi connectivity index (χ1v) is 40.8. The zero-order valence-electron chi connectivity index (χ0n) is 70.3. The molecule has 8 rings (SSSR count). The summed E-state index contributed by atoms with van der Waals surface area (Å²) in [5, 5.41) is 0. The van der Waals surface area contributed by atoms with Crippen LogP contribution in [-0.2, 0) is 64.3 Å². The summed E-state index contributed by atoms with van der Waals surface area (Å²) in [7, 11) is -3.29. The second-order valence-corrected chi connectivity index (χ2v) is 34.7. The summed E-state index contributed by atoms with van der Waals surface area (Å²) in [5.41, 5.74) is 55.3. The van der Waals surface area contributed by atoms with Gasteiger partial charge in [-0.25, -0.2) is 0 Å². The summed E-state index contributed by atoms with van der Waals surface area (Å²) in [6.07, 6.45) is 16.0. The fourth-order valence-electron chi connectivity index (χ4n) is 14.5. The molecule has 0 bridgehead atoms. The van der Waals surface area contributed by atoms with Crippen LogP contribution < -0.4 is 53.4 Å². The van der Waals surface area contributed by atoms with E-state index in [1.807, 2.05) is 20.8 Å². The topological polar surface area (TPSA) is 156 Å². The van der Waals surface area contributed by atoms with Crippen molar-refractivity contribution in [2.24, 2.45) is 16.9 Å². The fourth-order valence-corrected chi connectivity index (χ4v) is 21.3. The Morgan fingerprint density at radius 3 is 0.728 bits per heavy atom. The molecule has 0 aliphatic carbocycles. The second kappa shape index (κ2) is 41.8. The van der Waals surface area contributed by atoms with E-state index >= 15 is 0 Å². The fraction of sp³-hybridized carbons (Fsp3) is 0.562. The zero-order valence-corrected chi connectivity index (χ0v) is 75.5. The molecule has 6 aromatic carbocycles. The van der Waals surface area contributed by atoms with E-state index in [1.165, 1.54) is 183 Å². The van der Waals surface area contributed by atoms with Gasteiger partial charge in [-0.05, 0) is 340 Å². The van der Waals surface area contributed by atoms with Crippen molar-refractivity contribution >= 4 is 44.3 Å². The maximum absolute atomic E-state index is 11.4. The van der Waals surface area contributed by atoms with Crippen molar-refractivity contribution in [2.45, 2.75) is 334 Å². The van der Waals surface area contributed by atoms with Crippen molar-refractivity contribution < 1.29 is 73.7 Å². The van der Waals surface area contributed by atoms with Crippen LogP contribution in [0.1, 0.15) is 279 Å². The van der Waals surface area contributed by atoms with E-state index in [9.17, 15) is 9.59 Å². The number of nitrogens with two attached hydrogens (primary N) is 2. The number of hydrogen-bond acceptors (Lipinski definition) is 9. The Morgan fingerprint density at radius 2 is 0.515 bits per heavy atom. The summed E-state index contributed by atoms with van der Waals surface area (Å²) in [6.45, 7) is 72.9. The Kier molecular flexibility index (Phi) is 38.5. The first kappa shape index (κ1) is 94.7. The van der Waals surface area contributed by atoms with Gasteiger partial charge in [0.25, 0.3) is 0 Å². The Morgan fingerprint density at radius 1 is 0.330 bits per heavy atom. The number of unbranched alkanes of at least 4 members (excludes halogenated alkanes) is 10. The van der Waals surface area contributed by atoms with Gasteiger partial charge in [0.15, 0.2) is 35.3 Å². The number of carbonyl (C=O) groups is 2. The molecule has 0 atom stereocenters. The van der Waals surface area contributed by atoms with E-state index in [1.54, 1.807) is 65.5 Å². The summed E-state index contributed by atoms with van der Waals surface area (Å²) in [4.78, 5) is 32.1. The molecular weight excluding hydrogens is 1360 g/mol. The molecule has 2 heterocycles. The SMILES string of the molecule is CC(C)(C)C(=O)OCCCCCCCCN.C[C-](C)C(=O)OCCCCCCCCN.Cc1c(C)c(C)c([S+]2c3c(C)c(C)c(C)c(C)c3Cc3c(C)c(C)c(C)c(C)c32)c(C)c1C.Cc1c(C)c(C)c([S+]2c3c(C)c(C)c(C)c(C)c3Cc3c(C)c(C)c(C)c(C)c32)c(C)c1C.O=S(=O)=O.[Cl-].[Na+]. The first-order valence-electron chi connectivity index (χ1n) is 37.3. The van der Waals surface area contributed by atoms with Crippen molar-refractivity contribution in [3.63, 3.8) is 0 Å². The maximum Gasteiger partial charge on any atom is 1.00 e. The number of rotatable bonds is 19. The van der Waals surface area contributed by atoms with Gasteiger partial charge in [-0.15, -0.1) is 12.6 Å². The van der Waals surface area contributed by atoms with Gasteiger partial charge in [0, 0.05) is 79.6 Å². The third kappa shape index (κ3) is 22.0. The van der Waals surface area contributed by atoms with Crippen LogP contribution in [0.25, 0.3) is 0 Å². The Balaban J connectivity index is 0.000000482. The van der Waals surface area contributed by atoms with Crippen LogP contribution in [-0.4, -0.2) is 50.9 Å². The summed E-state index contributed by atoms with van der Waals surface area (Å²) in [6, 6.07) is 0. The molecule has 0 unspecified atom stereocenters. The molecule has 0 saturated heterocycles. The molecule has 0 spiro atoms. The average Bonchev–Trinajstić information content (AvgIpc) is 0.717. The van der Waals surface area contributed by atoms with E-state index in [0.717, 1.165) is 70.4 Å². The normalized spacial score (nSPS) is 12.0. The molecule has 0 saturated carbocycles. The minimum Gasteiger partial charge on any atom is -1.00 e. The smallest absolute Gasteiger partial charge is 1.00 e. The Bertz CT molecular complexity index is 3650. The molecule has 6 aromatic rings. The van der Waals surface area contributed by atoms with Crippen LogP contribution in [0.15, 0.2) is 29.4 Å². The number of fused-ring (bicyclic) bond motifs is 4. The molecule has 2 aliphatic rings. The van der Waals surface area contributed by atoms with Crippen LogP contribution in [0.3, 0.4) is 0 Å². The number of esters is 2.